The van der Waals surface area contributed by atoms with Gasteiger partial charge in [0.05, 0.1) is 0 Å². The fourth-order valence-corrected chi connectivity index (χ4v) is 2.94. The minimum Gasteiger partial charge on any atom is -0.353 e. The number of anilines is 1. The summed E-state index contributed by atoms with van der Waals surface area (Å²) in [5.74, 6) is 0.830. The van der Waals surface area contributed by atoms with Crippen molar-refractivity contribution in [1.82, 2.24) is 15.6 Å². The number of nitrogens with zero attached hydrogens (tertiary/aromatic N) is 2. The van der Waals surface area contributed by atoms with Crippen LogP contribution in [0.5, 0.6) is 0 Å². The van der Waals surface area contributed by atoms with E-state index in [-0.39, 0.29) is 11.9 Å². The van der Waals surface area contributed by atoms with Crippen molar-refractivity contribution in [2.75, 3.05) is 31.1 Å². The number of piperazine rings is 1. The van der Waals surface area contributed by atoms with Crippen LogP contribution in [-0.2, 0) is 0 Å². The van der Waals surface area contributed by atoms with E-state index in [2.05, 4.69) is 44.8 Å². The van der Waals surface area contributed by atoms with E-state index in [1.165, 1.54) is 5.56 Å². The first kappa shape index (κ1) is 16.5. The minimum absolute atomic E-state index is 0.0322. The SMILES string of the molecule is CCCNC(=O)c1ccnc(N2CCNC(c3ccccc3)C2)c1. The number of carbonyl (C=O) groups excluding carboxylic acids is 1. The van der Waals surface area contributed by atoms with Crippen LogP contribution < -0.4 is 15.5 Å². The average molecular weight is 324 g/mol. The van der Waals surface area contributed by atoms with Crippen LogP contribution >= 0.6 is 0 Å². The van der Waals surface area contributed by atoms with E-state index in [1.54, 1.807) is 12.3 Å². The van der Waals surface area contributed by atoms with Gasteiger partial charge >= 0.3 is 0 Å². The maximum absolute atomic E-state index is 12.2. The Kier molecular flexibility index (Phi) is 5.43. The molecule has 24 heavy (non-hydrogen) atoms. The molecule has 0 aliphatic carbocycles. The largest absolute Gasteiger partial charge is 0.353 e. The molecule has 0 radical (unpaired) electrons. The zero-order valence-electron chi connectivity index (χ0n) is 14.0. The van der Waals surface area contributed by atoms with Gasteiger partial charge in [0.25, 0.3) is 5.91 Å². The number of nitrogens with one attached hydrogen (secondary N) is 2. The first-order valence-corrected chi connectivity index (χ1v) is 8.55. The number of carbonyl (C=O) groups is 1. The van der Waals surface area contributed by atoms with Gasteiger partial charge < -0.3 is 15.5 Å². The number of aromatic nitrogens is 1. The smallest absolute Gasteiger partial charge is 0.251 e. The fourth-order valence-electron chi connectivity index (χ4n) is 2.94. The van der Waals surface area contributed by atoms with Crippen LogP contribution in [0.4, 0.5) is 5.82 Å². The molecule has 1 fully saturated rings. The number of benzene rings is 1. The van der Waals surface area contributed by atoms with Gasteiger partial charge in [-0.15, -0.1) is 0 Å². The van der Waals surface area contributed by atoms with Crippen molar-refractivity contribution in [2.24, 2.45) is 0 Å². The molecule has 1 atom stereocenters. The van der Waals surface area contributed by atoms with E-state index >= 15 is 0 Å². The van der Waals surface area contributed by atoms with Crippen LogP contribution in [0.1, 0.15) is 35.3 Å². The molecule has 5 heteroatoms. The zero-order valence-corrected chi connectivity index (χ0v) is 14.0. The highest BCUT2D eigenvalue weighted by atomic mass is 16.1. The second-order valence-electron chi connectivity index (χ2n) is 6.02. The Bertz CT molecular complexity index is 674. The molecule has 3 rings (SSSR count). The lowest BCUT2D eigenvalue weighted by molar-refractivity contribution is 0.0953. The lowest BCUT2D eigenvalue weighted by Crippen LogP contribution is -2.46. The van der Waals surface area contributed by atoms with E-state index in [1.807, 2.05) is 19.1 Å². The van der Waals surface area contributed by atoms with E-state index in [0.717, 1.165) is 31.9 Å². The molecular weight excluding hydrogens is 300 g/mol. The topological polar surface area (TPSA) is 57.3 Å². The quantitative estimate of drug-likeness (QED) is 0.886. The molecule has 1 unspecified atom stereocenters. The van der Waals surface area contributed by atoms with Crippen molar-refractivity contribution in [3.05, 3.63) is 59.8 Å². The molecule has 2 aromatic rings. The number of hydrogen-bond donors (Lipinski definition) is 2. The first-order chi connectivity index (χ1) is 11.8. The van der Waals surface area contributed by atoms with Crippen molar-refractivity contribution in [2.45, 2.75) is 19.4 Å². The van der Waals surface area contributed by atoms with Crippen LogP contribution in [-0.4, -0.2) is 37.1 Å². The average Bonchev–Trinajstić information content (AvgIpc) is 2.67. The van der Waals surface area contributed by atoms with E-state index in [4.69, 9.17) is 0 Å². The molecule has 5 nitrogen and oxygen atoms in total. The van der Waals surface area contributed by atoms with Gasteiger partial charge in [-0.25, -0.2) is 4.98 Å². The van der Waals surface area contributed by atoms with Crippen molar-refractivity contribution in [3.63, 3.8) is 0 Å². The third-order valence-corrected chi connectivity index (χ3v) is 4.24. The van der Waals surface area contributed by atoms with Gasteiger partial charge in [0, 0.05) is 44.0 Å². The summed E-state index contributed by atoms with van der Waals surface area (Å²) in [5.41, 5.74) is 1.95. The Labute approximate surface area is 143 Å². The van der Waals surface area contributed by atoms with E-state index in [9.17, 15) is 4.79 Å². The maximum atomic E-state index is 12.2. The van der Waals surface area contributed by atoms with E-state index < -0.39 is 0 Å². The van der Waals surface area contributed by atoms with Gasteiger partial charge in [-0.1, -0.05) is 37.3 Å². The molecule has 0 bridgehead atoms. The molecule has 1 aliphatic rings. The molecule has 0 spiro atoms. The van der Waals surface area contributed by atoms with Crippen LogP contribution in [0.2, 0.25) is 0 Å². The highest BCUT2D eigenvalue weighted by molar-refractivity contribution is 5.94. The highest BCUT2D eigenvalue weighted by Gasteiger charge is 2.22. The summed E-state index contributed by atoms with van der Waals surface area (Å²) in [6.07, 6.45) is 2.65. The summed E-state index contributed by atoms with van der Waals surface area (Å²) in [7, 11) is 0. The molecule has 2 N–H and O–H groups in total. The van der Waals surface area contributed by atoms with Gasteiger partial charge in [0.15, 0.2) is 0 Å². The highest BCUT2D eigenvalue weighted by Crippen LogP contribution is 2.21. The molecule has 1 aliphatic heterocycles. The Morgan fingerprint density at radius 2 is 2.17 bits per heavy atom. The summed E-state index contributed by atoms with van der Waals surface area (Å²) in [6, 6.07) is 14.4. The monoisotopic (exact) mass is 324 g/mol. The number of pyridine rings is 1. The van der Waals surface area contributed by atoms with E-state index in [0.29, 0.717) is 12.1 Å². The number of hydrogen-bond acceptors (Lipinski definition) is 4. The summed E-state index contributed by atoms with van der Waals surface area (Å²) in [5, 5.41) is 6.47. The Balaban J connectivity index is 1.73. The molecule has 1 aromatic carbocycles. The minimum atomic E-state index is -0.0322. The lowest BCUT2D eigenvalue weighted by Gasteiger charge is -2.34. The van der Waals surface area contributed by atoms with Crippen LogP contribution in [0.15, 0.2) is 48.7 Å². The van der Waals surface area contributed by atoms with Crippen LogP contribution in [0, 0.1) is 0 Å². The Morgan fingerprint density at radius 1 is 1.33 bits per heavy atom. The number of amides is 1. The number of rotatable bonds is 5. The summed E-state index contributed by atoms with van der Waals surface area (Å²) < 4.78 is 0. The van der Waals surface area contributed by atoms with Crippen molar-refractivity contribution >= 4 is 11.7 Å². The van der Waals surface area contributed by atoms with Gasteiger partial charge in [-0.3, -0.25) is 4.79 Å². The van der Waals surface area contributed by atoms with Crippen molar-refractivity contribution < 1.29 is 4.79 Å². The summed E-state index contributed by atoms with van der Waals surface area (Å²) in [6.45, 7) is 5.36. The molecule has 1 saturated heterocycles. The molecule has 1 aromatic heterocycles. The Hall–Kier alpha value is -2.40. The Morgan fingerprint density at radius 3 is 2.96 bits per heavy atom. The normalized spacial score (nSPS) is 17.5. The van der Waals surface area contributed by atoms with Gasteiger partial charge in [-0.2, -0.15) is 0 Å². The summed E-state index contributed by atoms with van der Waals surface area (Å²) in [4.78, 5) is 18.9. The third-order valence-electron chi connectivity index (χ3n) is 4.24. The van der Waals surface area contributed by atoms with Gasteiger partial charge in [0.1, 0.15) is 5.82 Å². The van der Waals surface area contributed by atoms with Gasteiger partial charge in [0.2, 0.25) is 0 Å². The predicted molar refractivity (Wildman–Crippen MR) is 96.3 cm³/mol. The maximum Gasteiger partial charge on any atom is 0.251 e. The third kappa shape index (κ3) is 3.92. The molecule has 1 amide bonds. The molecule has 2 heterocycles. The first-order valence-electron chi connectivity index (χ1n) is 8.55. The van der Waals surface area contributed by atoms with Crippen molar-refractivity contribution in [1.29, 1.82) is 0 Å². The zero-order chi connectivity index (χ0) is 16.8. The molecular formula is C19H24N4O. The molecule has 0 saturated carbocycles. The van der Waals surface area contributed by atoms with Gasteiger partial charge in [-0.05, 0) is 24.1 Å². The molecule has 126 valence electrons. The standard InChI is InChI=1S/C19H24N4O/c1-2-9-22-19(24)16-8-10-21-18(13-16)23-12-11-20-17(14-23)15-6-4-3-5-7-15/h3-8,10,13,17,20H,2,9,11-12,14H2,1H3,(H,22,24). The predicted octanol–water partition coefficient (Wildman–Crippen LogP) is 2.37. The van der Waals surface area contributed by atoms with Crippen LogP contribution in [0.3, 0.4) is 0 Å². The van der Waals surface area contributed by atoms with Crippen molar-refractivity contribution in [3.8, 4) is 0 Å². The second-order valence-corrected chi connectivity index (χ2v) is 6.02. The lowest BCUT2D eigenvalue weighted by atomic mass is 10.0. The van der Waals surface area contributed by atoms with Crippen LogP contribution in [0.25, 0.3) is 0 Å². The fraction of sp³-hybridized carbons (Fsp3) is 0.368. The summed E-state index contributed by atoms with van der Waals surface area (Å²) >= 11 is 0. The second kappa shape index (κ2) is 7.93.